The highest BCUT2D eigenvalue weighted by Gasteiger charge is 2.09. The van der Waals surface area contributed by atoms with Crippen LogP contribution in [0, 0.1) is 5.82 Å². The van der Waals surface area contributed by atoms with Gasteiger partial charge in [0.05, 0.1) is 6.10 Å². The lowest BCUT2D eigenvalue weighted by Gasteiger charge is -2.08. The van der Waals surface area contributed by atoms with Gasteiger partial charge in [0.25, 0.3) is 0 Å². The second-order valence-electron chi connectivity index (χ2n) is 3.35. The van der Waals surface area contributed by atoms with Gasteiger partial charge in [-0.3, -0.25) is 0 Å². The molecule has 0 heterocycles. The number of hydrogen-bond acceptors (Lipinski definition) is 1. The van der Waals surface area contributed by atoms with Crippen LogP contribution in [0.25, 0.3) is 0 Å². The van der Waals surface area contributed by atoms with Crippen molar-refractivity contribution in [1.29, 1.82) is 0 Å². The van der Waals surface area contributed by atoms with Crippen LogP contribution in [0.15, 0.2) is 29.8 Å². The Kier molecular flexibility index (Phi) is 3.67. The molecule has 1 rings (SSSR count). The first-order chi connectivity index (χ1) is 6.50. The molecule has 1 aromatic rings. The molecule has 76 valence electrons. The molecule has 0 aliphatic rings. The Hall–Kier alpha value is -0.860. The SMILES string of the molecule is CC(C)=CC(O)c1ccc(F)cc1Cl. The van der Waals surface area contributed by atoms with E-state index in [-0.39, 0.29) is 5.02 Å². The van der Waals surface area contributed by atoms with Gasteiger partial charge in [0, 0.05) is 10.6 Å². The van der Waals surface area contributed by atoms with Gasteiger partial charge >= 0.3 is 0 Å². The molecule has 0 saturated heterocycles. The van der Waals surface area contributed by atoms with Crippen molar-refractivity contribution in [3.05, 3.63) is 46.3 Å². The third kappa shape index (κ3) is 2.82. The van der Waals surface area contributed by atoms with E-state index in [1.807, 2.05) is 13.8 Å². The number of aliphatic hydroxyl groups excluding tert-OH is 1. The van der Waals surface area contributed by atoms with E-state index in [9.17, 15) is 9.50 Å². The highest BCUT2D eigenvalue weighted by atomic mass is 35.5. The van der Waals surface area contributed by atoms with Crippen molar-refractivity contribution in [2.24, 2.45) is 0 Å². The largest absolute Gasteiger partial charge is 0.384 e. The second kappa shape index (κ2) is 4.58. The lowest BCUT2D eigenvalue weighted by Crippen LogP contribution is -1.95. The molecule has 0 aromatic heterocycles. The Morgan fingerprint density at radius 3 is 2.64 bits per heavy atom. The first-order valence-electron chi connectivity index (χ1n) is 4.28. The van der Waals surface area contributed by atoms with Crippen molar-refractivity contribution in [2.75, 3.05) is 0 Å². The molecule has 0 saturated carbocycles. The summed E-state index contributed by atoms with van der Waals surface area (Å²) in [5.74, 6) is -0.400. The van der Waals surface area contributed by atoms with Crippen LogP contribution in [-0.4, -0.2) is 5.11 Å². The molecular formula is C11H12ClFO. The predicted octanol–water partition coefficient (Wildman–Crippen LogP) is 3.48. The summed E-state index contributed by atoms with van der Waals surface area (Å²) in [4.78, 5) is 0. The zero-order chi connectivity index (χ0) is 10.7. The van der Waals surface area contributed by atoms with Crippen molar-refractivity contribution in [3.8, 4) is 0 Å². The van der Waals surface area contributed by atoms with E-state index < -0.39 is 11.9 Å². The third-order valence-corrected chi connectivity index (χ3v) is 2.10. The third-order valence-electron chi connectivity index (χ3n) is 1.77. The summed E-state index contributed by atoms with van der Waals surface area (Å²) >= 11 is 5.78. The van der Waals surface area contributed by atoms with Crippen LogP contribution in [0.1, 0.15) is 25.5 Å². The summed E-state index contributed by atoms with van der Waals surface area (Å²) in [6.07, 6.45) is 0.896. The Morgan fingerprint density at radius 1 is 1.50 bits per heavy atom. The van der Waals surface area contributed by atoms with E-state index in [0.717, 1.165) is 5.57 Å². The molecule has 3 heteroatoms. The summed E-state index contributed by atoms with van der Waals surface area (Å²) in [7, 11) is 0. The molecule has 0 fully saturated rings. The normalized spacial score (nSPS) is 12.4. The van der Waals surface area contributed by atoms with Crippen molar-refractivity contribution in [3.63, 3.8) is 0 Å². The summed E-state index contributed by atoms with van der Waals surface area (Å²) in [5, 5.41) is 9.92. The van der Waals surface area contributed by atoms with E-state index in [1.165, 1.54) is 18.2 Å². The highest BCUT2D eigenvalue weighted by Crippen LogP contribution is 2.25. The smallest absolute Gasteiger partial charge is 0.124 e. The van der Waals surface area contributed by atoms with Crippen LogP contribution in [0.5, 0.6) is 0 Å². The van der Waals surface area contributed by atoms with Gasteiger partial charge in [0.15, 0.2) is 0 Å². The number of rotatable bonds is 2. The number of aliphatic hydroxyl groups is 1. The predicted molar refractivity (Wildman–Crippen MR) is 55.8 cm³/mol. The van der Waals surface area contributed by atoms with E-state index in [1.54, 1.807) is 6.08 Å². The molecule has 1 unspecified atom stereocenters. The van der Waals surface area contributed by atoms with Gasteiger partial charge < -0.3 is 5.11 Å². The lowest BCUT2D eigenvalue weighted by atomic mass is 10.1. The minimum atomic E-state index is -0.770. The van der Waals surface area contributed by atoms with Crippen LogP contribution >= 0.6 is 11.6 Å². The summed E-state index contributed by atoms with van der Waals surface area (Å²) in [6, 6.07) is 3.96. The van der Waals surface area contributed by atoms with Crippen LogP contribution < -0.4 is 0 Å². The molecule has 1 N–H and O–H groups in total. The van der Waals surface area contributed by atoms with Crippen molar-refractivity contribution in [2.45, 2.75) is 20.0 Å². The maximum absolute atomic E-state index is 12.7. The molecule has 0 radical (unpaired) electrons. The highest BCUT2D eigenvalue weighted by molar-refractivity contribution is 6.31. The van der Waals surface area contributed by atoms with E-state index in [2.05, 4.69) is 0 Å². The molecule has 0 amide bonds. The number of allylic oxidation sites excluding steroid dienone is 1. The number of benzene rings is 1. The van der Waals surface area contributed by atoms with E-state index in [0.29, 0.717) is 5.56 Å². The first kappa shape index (κ1) is 11.2. The maximum Gasteiger partial charge on any atom is 0.124 e. The van der Waals surface area contributed by atoms with Gasteiger partial charge in [-0.05, 0) is 26.0 Å². The standard InChI is InChI=1S/C11H12ClFO/c1-7(2)5-11(14)9-4-3-8(13)6-10(9)12/h3-6,11,14H,1-2H3. The molecule has 0 aliphatic carbocycles. The molecule has 0 spiro atoms. The fraction of sp³-hybridized carbons (Fsp3) is 0.273. The molecule has 14 heavy (non-hydrogen) atoms. The first-order valence-corrected chi connectivity index (χ1v) is 4.66. The van der Waals surface area contributed by atoms with Crippen molar-refractivity contribution >= 4 is 11.6 Å². The Balaban J connectivity index is 3.02. The van der Waals surface area contributed by atoms with Gasteiger partial charge in [-0.1, -0.05) is 29.3 Å². The summed E-state index contributed by atoms with van der Waals surface area (Å²) < 4.78 is 12.7. The number of halogens is 2. The van der Waals surface area contributed by atoms with E-state index >= 15 is 0 Å². The van der Waals surface area contributed by atoms with E-state index in [4.69, 9.17) is 11.6 Å². The van der Waals surface area contributed by atoms with Crippen LogP contribution in [0.4, 0.5) is 4.39 Å². The Morgan fingerprint density at radius 2 is 2.14 bits per heavy atom. The summed E-state index contributed by atoms with van der Waals surface area (Å²) in [5.41, 5.74) is 1.51. The lowest BCUT2D eigenvalue weighted by molar-refractivity contribution is 0.227. The Labute approximate surface area is 87.8 Å². The van der Waals surface area contributed by atoms with Gasteiger partial charge in [-0.2, -0.15) is 0 Å². The second-order valence-corrected chi connectivity index (χ2v) is 3.76. The van der Waals surface area contributed by atoms with Gasteiger partial charge in [0.2, 0.25) is 0 Å². The number of hydrogen-bond donors (Lipinski definition) is 1. The fourth-order valence-electron chi connectivity index (χ4n) is 1.15. The average molecular weight is 215 g/mol. The molecule has 1 atom stereocenters. The minimum absolute atomic E-state index is 0.245. The van der Waals surface area contributed by atoms with Crippen molar-refractivity contribution < 1.29 is 9.50 Å². The Bertz CT molecular complexity index is 356. The molecule has 1 aromatic carbocycles. The zero-order valence-corrected chi connectivity index (χ0v) is 8.85. The van der Waals surface area contributed by atoms with Crippen molar-refractivity contribution in [1.82, 2.24) is 0 Å². The minimum Gasteiger partial charge on any atom is -0.384 e. The molecule has 0 aliphatic heterocycles. The van der Waals surface area contributed by atoms with Crippen LogP contribution in [0.3, 0.4) is 0 Å². The fourth-order valence-corrected chi connectivity index (χ4v) is 1.43. The van der Waals surface area contributed by atoms with Crippen LogP contribution in [0.2, 0.25) is 5.02 Å². The summed E-state index contributed by atoms with van der Waals surface area (Å²) in [6.45, 7) is 3.75. The van der Waals surface area contributed by atoms with Gasteiger partial charge in [-0.15, -0.1) is 0 Å². The van der Waals surface area contributed by atoms with Gasteiger partial charge in [0.1, 0.15) is 5.82 Å². The zero-order valence-electron chi connectivity index (χ0n) is 8.09. The molecule has 1 nitrogen and oxygen atoms in total. The van der Waals surface area contributed by atoms with Crippen LogP contribution in [-0.2, 0) is 0 Å². The topological polar surface area (TPSA) is 20.2 Å². The average Bonchev–Trinajstić information content (AvgIpc) is 2.01. The maximum atomic E-state index is 12.7. The van der Waals surface area contributed by atoms with Gasteiger partial charge in [-0.25, -0.2) is 4.39 Å². The molecular weight excluding hydrogens is 203 g/mol. The monoisotopic (exact) mass is 214 g/mol. The quantitative estimate of drug-likeness (QED) is 0.748. The molecule has 0 bridgehead atoms.